The molecular formula is C44H48N6O7. The van der Waals surface area contributed by atoms with Gasteiger partial charge in [-0.05, 0) is 92.4 Å². The van der Waals surface area contributed by atoms with E-state index in [0.29, 0.717) is 65.4 Å². The van der Waals surface area contributed by atoms with E-state index in [4.69, 9.17) is 19.3 Å². The summed E-state index contributed by atoms with van der Waals surface area (Å²) < 4.78 is 21.0. The van der Waals surface area contributed by atoms with Crippen LogP contribution in [0.1, 0.15) is 83.3 Å². The predicted molar refractivity (Wildman–Crippen MR) is 212 cm³/mol. The first kappa shape index (κ1) is 36.8. The van der Waals surface area contributed by atoms with Gasteiger partial charge < -0.3 is 29.5 Å². The maximum atomic E-state index is 13.5. The third kappa shape index (κ3) is 7.19. The number of benzene rings is 2. The van der Waals surface area contributed by atoms with Gasteiger partial charge in [0.2, 0.25) is 0 Å². The van der Waals surface area contributed by atoms with Crippen molar-refractivity contribution in [3.63, 3.8) is 0 Å². The normalized spacial score (nSPS) is 22.8. The quantitative estimate of drug-likeness (QED) is 0.126. The Kier molecular flexibility index (Phi) is 9.62. The number of piperidine rings is 1. The van der Waals surface area contributed by atoms with Crippen molar-refractivity contribution >= 4 is 35.2 Å². The molecule has 5 fully saturated rings. The lowest BCUT2D eigenvalue weighted by Crippen LogP contribution is -2.48. The largest absolute Gasteiger partial charge is 0.490 e. The molecule has 2 aromatic carbocycles. The van der Waals surface area contributed by atoms with Crippen molar-refractivity contribution in [3.05, 3.63) is 95.6 Å². The molecule has 1 aliphatic heterocycles. The van der Waals surface area contributed by atoms with Crippen LogP contribution in [0.2, 0.25) is 0 Å². The van der Waals surface area contributed by atoms with Gasteiger partial charge in [0.25, 0.3) is 0 Å². The molecule has 5 aliphatic rings. The van der Waals surface area contributed by atoms with Gasteiger partial charge in [-0.15, -0.1) is 0 Å². The number of hydrogen-bond donors (Lipinski definition) is 2. The fourth-order valence-electron chi connectivity index (χ4n) is 10.5. The Bertz CT molecular complexity index is 2290. The minimum atomic E-state index is -1.11. The maximum absolute atomic E-state index is 13.5. The number of pyridine rings is 1. The van der Waals surface area contributed by atoms with Gasteiger partial charge in [-0.1, -0.05) is 30.3 Å². The molecule has 4 bridgehead atoms. The number of imidazole rings is 1. The Hall–Kier alpha value is -5.85. The number of amides is 1. The SMILES string of the molecule is COC(=O)c1c(-c2cnn(CC34CC5CC(CC(C5)C3)C4)c2C)ccn2c(Nc3cc(OC4CCN(C(=O)OCc5ccccc5)CC4)ccc3C(=O)O)cnc12. The molecule has 0 atom stereocenters. The van der Waals surface area contributed by atoms with E-state index in [-0.39, 0.29) is 24.4 Å². The Balaban J connectivity index is 0.921. The number of carbonyl (C=O) groups excluding carboxylic acids is 2. The highest BCUT2D eigenvalue weighted by Crippen LogP contribution is 2.60. The van der Waals surface area contributed by atoms with Crippen LogP contribution in [0.25, 0.3) is 16.8 Å². The van der Waals surface area contributed by atoms with Crippen molar-refractivity contribution in [3.8, 4) is 16.9 Å². The molecule has 5 aromatic rings. The minimum absolute atomic E-state index is 0.0418. The second-order valence-corrected chi connectivity index (χ2v) is 16.6. The lowest BCUT2D eigenvalue weighted by molar-refractivity contribution is -0.0638. The number of hydrogen-bond acceptors (Lipinski definition) is 9. The number of esters is 1. The van der Waals surface area contributed by atoms with Crippen molar-refractivity contribution in [2.24, 2.45) is 23.2 Å². The van der Waals surface area contributed by atoms with Crippen LogP contribution < -0.4 is 10.1 Å². The van der Waals surface area contributed by atoms with Gasteiger partial charge in [-0.25, -0.2) is 19.4 Å². The van der Waals surface area contributed by atoms with E-state index in [0.717, 1.165) is 41.1 Å². The fourth-order valence-corrected chi connectivity index (χ4v) is 10.5. The van der Waals surface area contributed by atoms with Gasteiger partial charge in [0.15, 0.2) is 5.65 Å². The number of nitrogens with one attached hydrogen (secondary N) is 1. The number of carbonyl (C=O) groups is 3. The first-order valence-corrected chi connectivity index (χ1v) is 20.0. The standard InChI is InChI=1S/C44H48N6O7/c1-27-36(23-46-50(27)26-44-20-29-16-30(21-44)18-31(17-29)22-44)34-12-15-49-38(24-45-40(49)39(34)42(53)55-2)47-37-19-33(8-9-35(37)41(51)52)57-32-10-13-48(14-11-32)43(54)56-25-28-6-4-3-5-7-28/h3-9,12,15,19,23-24,29-32,47H,10-11,13-14,16-18,20-22,25-26H2,1-2H3,(H,51,52). The second kappa shape index (κ2) is 14.9. The number of carboxylic acids is 1. The third-order valence-electron chi connectivity index (χ3n) is 12.8. The topological polar surface area (TPSA) is 150 Å². The molecule has 4 saturated carbocycles. The molecule has 0 radical (unpaired) electrons. The molecule has 57 heavy (non-hydrogen) atoms. The summed E-state index contributed by atoms with van der Waals surface area (Å²) in [5, 5.41) is 18.2. The zero-order valence-corrected chi connectivity index (χ0v) is 32.4. The predicted octanol–water partition coefficient (Wildman–Crippen LogP) is 8.13. The van der Waals surface area contributed by atoms with Gasteiger partial charge in [-0.2, -0.15) is 5.10 Å². The number of methoxy groups -OCH3 is 1. The number of nitrogens with zero attached hydrogens (tertiary/aromatic N) is 5. The molecule has 0 unspecified atom stereocenters. The molecule has 1 amide bonds. The second-order valence-electron chi connectivity index (χ2n) is 16.6. The highest BCUT2D eigenvalue weighted by molar-refractivity contribution is 6.03. The van der Waals surface area contributed by atoms with Gasteiger partial charge in [0.1, 0.15) is 29.8 Å². The van der Waals surface area contributed by atoms with Crippen molar-refractivity contribution in [2.45, 2.75) is 77.5 Å². The maximum Gasteiger partial charge on any atom is 0.410 e. The van der Waals surface area contributed by atoms with E-state index in [9.17, 15) is 19.5 Å². The summed E-state index contributed by atoms with van der Waals surface area (Å²) >= 11 is 0. The summed E-state index contributed by atoms with van der Waals surface area (Å²) in [7, 11) is 1.35. The lowest BCUT2D eigenvalue weighted by atomic mass is 9.49. The number of ether oxygens (including phenoxy) is 3. The lowest BCUT2D eigenvalue weighted by Gasteiger charge is -2.56. The molecule has 3 aromatic heterocycles. The monoisotopic (exact) mass is 772 g/mol. The van der Waals surface area contributed by atoms with Gasteiger partial charge in [0, 0.05) is 61.6 Å². The third-order valence-corrected chi connectivity index (χ3v) is 12.8. The number of aromatic nitrogens is 4. The summed E-state index contributed by atoms with van der Waals surface area (Å²) in [6.07, 6.45) is 13.9. The molecule has 10 rings (SSSR count). The van der Waals surface area contributed by atoms with Crippen LogP contribution in [0.4, 0.5) is 16.3 Å². The van der Waals surface area contributed by atoms with Crippen LogP contribution >= 0.6 is 0 Å². The number of anilines is 2. The van der Waals surface area contributed by atoms with Crippen LogP contribution in [0.3, 0.4) is 0 Å². The molecule has 4 aliphatic carbocycles. The average Bonchev–Trinajstić information content (AvgIpc) is 3.78. The summed E-state index contributed by atoms with van der Waals surface area (Å²) in [6, 6.07) is 16.2. The van der Waals surface area contributed by atoms with Gasteiger partial charge in [-0.3, -0.25) is 9.08 Å². The summed E-state index contributed by atoms with van der Waals surface area (Å²) in [5.41, 5.74) is 4.78. The minimum Gasteiger partial charge on any atom is -0.490 e. The number of likely N-dealkylation sites (tertiary alicyclic amines) is 1. The Labute approximate surface area is 330 Å². The van der Waals surface area contributed by atoms with E-state index in [1.807, 2.05) is 48.8 Å². The fraction of sp³-hybridized carbons (Fsp3) is 0.432. The van der Waals surface area contributed by atoms with Crippen molar-refractivity contribution in [2.75, 3.05) is 25.5 Å². The average molecular weight is 773 g/mol. The number of fused-ring (bicyclic) bond motifs is 1. The highest BCUT2D eigenvalue weighted by atomic mass is 16.6. The van der Waals surface area contributed by atoms with E-state index in [1.54, 1.807) is 27.6 Å². The van der Waals surface area contributed by atoms with Crippen molar-refractivity contribution in [1.82, 2.24) is 24.1 Å². The van der Waals surface area contributed by atoms with E-state index >= 15 is 0 Å². The molecule has 13 heteroatoms. The molecule has 0 spiro atoms. The van der Waals surface area contributed by atoms with Gasteiger partial charge >= 0.3 is 18.0 Å². The summed E-state index contributed by atoms with van der Waals surface area (Å²) in [6.45, 7) is 4.13. The molecular weight excluding hydrogens is 725 g/mol. The zero-order chi connectivity index (χ0) is 39.3. The van der Waals surface area contributed by atoms with Crippen LogP contribution in [-0.4, -0.2) is 73.5 Å². The Morgan fingerprint density at radius 2 is 1.65 bits per heavy atom. The summed E-state index contributed by atoms with van der Waals surface area (Å²) in [4.78, 5) is 44.9. The molecule has 2 N–H and O–H groups in total. The van der Waals surface area contributed by atoms with E-state index < -0.39 is 11.9 Å². The highest BCUT2D eigenvalue weighted by Gasteiger charge is 2.51. The summed E-state index contributed by atoms with van der Waals surface area (Å²) in [5.74, 6) is 1.84. The molecule has 1 saturated heterocycles. The first-order valence-electron chi connectivity index (χ1n) is 20.0. The number of carboxylic acid groups (broad SMARTS) is 1. The molecule has 4 heterocycles. The van der Waals surface area contributed by atoms with Crippen LogP contribution in [0.15, 0.2) is 73.2 Å². The smallest absolute Gasteiger partial charge is 0.410 e. The van der Waals surface area contributed by atoms with E-state index in [2.05, 4.69) is 21.9 Å². The van der Waals surface area contributed by atoms with Gasteiger partial charge in [0.05, 0.1) is 30.8 Å². The number of rotatable bonds is 11. The van der Waals surface area contributed by atoms with Crippen LogP contribution in [0.5, 0.6) is 5.75 Å². The van der Waals surface area contributed by atoms with Crippen LogP contribution in [-0.2, 0) is 22.6 Å². The Morgan fingerprint density at radius 1 is 0.930 bits per heavy atom. The number of aromatic carboxylic acids is 1. The first-order chi connectivity index (χ1) is 27.6. The Morgan fingerprint density at radius 3 is 2.33 bits per heavy atom. The molecule has 296 valence electrons. The van der Waals surface area contributed by atoms with Crippen molar-refractivity contribution in [1.29, 1.82) is 0 Å². The van der Waals surface area contributed by atoms with Crippen molar-refractivity contribution < 1.29 is 33.7 Å². The van der Waals surface area contributed by atoms with E-state index in [1.165, 1.54) is 51.7 Å². The zero-order valence-electron chi connectivity index (χ0n) is 32.4. The molecule has 13 nitrogen and oxygen atoms in total. The van der Waals surface area contributed by atoms with Crippen LogP contribution in [0, 0.1) is 30.1 Å².